The zero-order valence-corrected chi connectivity index (χ0v) is 15.7. The van der Waals surface area contributed by atoms with Crippen molar-refractivity contribution in [2.75, 3.05) is 11.1 Å². The highest BCUT2D eigenvalue weighted by atomic mass is 32.2. The summed E-state index contributed by atoms with van der Waals surface area (Å²) in [5.41, 5.74) is 2.38. The monoisotopic (exact) mass is 377 g/mol. The molecule has 0 unspecified atom stereocenters. The first kappa shape index (κ1) is 18.7. The fraction of sp³-hybridized carbons (Fsp3) is 0.200. The van der Waals surface area contributed by atoms with Crippen LogP contribution >= 0.6 is 11.8 Å². The molecule has 27 heavy (non-hydrogen) atoms. The van der Waals surface area contributed by atoms with Crippen LogP contribution in [0.4, 0.5) is 5.69 Å². The van der Waals surface area contributed by atoms with E-state index in [-0.39, 0.29) is 11.8 Å². The first-order valence-corrected chi connectivity index (χ1v) is 9.48. The first-order chi connectivity index (χ1) is 13.2. The van der Waals surface area contributed by atoms with Crippen molar-refractivity contribution in [3.63, 3.8) is 0 Å². The molecule has 6 nitrogen and oxygen atoms in total. The van der Waals surface area contributed by atoms with Gasteiger partial charge >= 0.3 is 0 Å². The van der Waals surface area contributed by atoms with Crippen LogP contribution in [0.25, 0.3) is 0 Å². The number of rotatable bonds is 7. The van der Waals surface area contributed by atoms with E-state index in [0.717, 1.165) is 16.1 Å². The second kappa shape index (κ2) is 9.01. The highest BCUT2D eigenvalue weighted by molar-refractivity contribution is 7.99. The number of nitriles is 1. The number of hydrogen-bond acceptors (Lipinski definition) is 5. The van der Waals surface area contributed by atoms with Gasteiger partial charge in [0.2, 0.25) is 0 Å². The van der Waals surface area contributed by atoms with E-state index in [9.17, 15) is 4.79 Å². The maximum absolute atomic E-state index is 12.6. The van der Waals surface area contributed by atoms with Gasteiger partial charge in [-0.15, -0.1) is 11.8 Å². The van der Waals surface area contributed by atoms with Gasteiger partial charge in [-0.2, -0.15) is 10.4 Å². The van der Waals surface area contributed by atoms with Crippen molar-refractivity contribution in [1.29, 1.82) is 5.26 Å². The number of para-hydroxylation sites is 1. The van der Waals surface area contributed by atoms with Crippen LogP contribution in [0.2, 0.25) is 0 Å². The highest BCUT2D eigenvalue weighted by Crippen LogP contribution is 2.28. The molecule has 0 radical (unpaired) electrons. The maximum Gasteiger partial charge on any atom is 0.255 e. The van der Waals surface area contributed by atoms with E-state index < -0.39 is 0 Å². The molecule has 0 aliphatic heterocycles. The Bertz CT molecular complexity index is 932. The Labute approximate surface area is 162 Å². The molecule has 0 saturated heterocycles. The average Bonchev–Trinajstić information content (AvgIpc) is 3.20. The Hall–Kier alpha value is -3.11. The van der Waals surface area contributed by atoms with Crippen molar-refractivity contribution in [3.8, 4) is 6.07 Å². The molecule has 0 spiro atoms. The largest absolute Gasteiger partial charge is 0.321 e. The second-order valence-electron chi connectivity index (χ2n) is 6.08. The minimum atomic E-state index is -0.163. The predicted octanol–water partition coefficient (Wildman–Crippen LogP) is 3.83. The SMILES string of the molecule is C[C@@H](C#N)CSc1ccccc1NC(=O)c1ccc(Cn2cncn2)cc1. The molecule has 0 bridgehead atoms. The third-order valence-corrected chi connectivity index (χ3v) is 5.21. The van der Waals surface area contributed by atoms with E-state index in [0.29, 0.717) is 17.9 Å². The van der Waals surface area contributed by atoms with Crippen molar-refractivity contribution in [3.05, 3.63) is 72.3 Å². The van der Waals surface area contributed by atoms with E-state index in [1.165, 1.54) is 6.33 Å². The fourth-order valence-corrected chi connectivity index (χ4v) is 3.36. The molecule has 1 aromatic heterocycles. The van der Waals surface area contributed by atoms with Gasteiger partial charge in [-0.25, -0.2) is 9.67 Å². The zero-order valence-electron chi connectivity index (χ0n) is 14.9. The van der Waals surface area contributed by atoms with Crippen molar-refractivity contribution in [2.24, 2.45) is 5.92 Å². The quantitative estimate of drug-likeness (QED) is 0.633. The summed E-state index contributed by atoms with van der Waals surface area (Å²) in [6.07, 6.45) is 3.15. The van der Waals surface area contributed by atoms with Gasteiger partial charge in [-0.05, 0) is 36.8 Å². The smallest absolute Gasteiger partial charge is 0.255 e. The van der Waals surface area contributed by atoms with Crippen molar-refractivity contribution < 1.29 is 4.79 Å². The molecule has 0 fully saturated rings. The van der Waals surface area contributed by atoms with Gasteiger partial charge in [0.25, 0.3) is 5.91 Å². The number of nitrogens with zero attached hydrogens (tertiary/aromatic N) is 4. The number of thioether (sulfide) groups is 1. The Balaban J connectivity index is 1.66. The van der Waals surface area contributed by atoms with Gasteiger partial charge in [0, 0.05) is 16.2 Å². The van der Waals surface area contributed by atoms with Crippen LogP contribution in [0.5, 0.6) is 0 Å². The number of hydrogen-bond donors (Lipinski definition) is 1. The van der Waals surface area contributed by atoms with E-state index in [2.05, 4.69) is 21.5 Å². The average molecular weight is 377 g/mol. The molecule has 1 atom stereocenters. The number of amides is 1. The highest BCUT2D eigenvalue weighted by Gasteiger charge is 2.11. The lowest BCUT2D eigenvalue weighted by Gasteiger charge is -2.11. The van der Waals surface area contributed by atoms with Crippen LogP contribution < -0.4 is 5.32 Å². The Kier molecular flexibility index (Phi) is 6.23. The molecule has 0 saturated carbocycles. The van der Waals surface area contributed by atoms with Crippen LogP contribution in [0.15, 0.2) is 66.1 Å². The normalized spacial score (nSPS) is 11.6. The van der Waals surface area contributed by atoms with Crippen molar-refractivity contribution >= 4 is 23.4 Å². The lowest BCUT2D eigenvalue weighted by Crippen LogP contribution is -2.13. The molecule has 0 aliphatic rings. The van der Waals surface area contributed by atoms with Gasteiger partial charge in [0.15, 0.2) is 0 Å². The lowest BCUT2D eigenvalue weighted by atomic mass is 10.1. The summed E-state index contributed by atoms with van der Waals surface area (Å²) in [6, 6.07) is 17.3. The third-order valence-electron chi connectivity index (χ3n) is 3.87. The summed E-state index contributed by atoms with van der Waals surface area (Å²) < 4.78 is 1.73. The van der Waals surface area contributed by atoms with Gasteiger partial charge in [-0.3, -0.25) is 4.79 Å². The van der Waals surface area contributed by atoms with Crippen LogP contribution in [0.3, 0.4) is 0 Å². The summed E-state index contributed by atoms with van der Waals surface area (Å²) in [5, 5.41) is 16.0. The first-order valence-electron chi connectivity index (χ1n) is 8.50. The van der Waals surface area contributed by atoms with Crippen molar-refractivity contribution in [1.82, 2.24) is 14.8 Å². The van der Waals surface area contributed by atoms with E-state index in [1.54, 1.807) is 34.9 Å². The summed E-state index contributed by atoms with van der Waals surface area (Å²) in [4.78, 5) is 17.5. The molecule has 3 aromatic rings. The zero-order chi connectivity index (χ0) is 19.1. The Morgan fingerprint density at radius 3 is 2.74 bits per heavy atom. The van der Waals surface area contributed by atoms with Crippen LogP contribution in [-0.2, 0) is 6.54 Å². The number of anilines is 1. The molecule has 3 rings (SSSR count). The van der Waals surface area contributed by atoms with Gasteiger partial charge < -0.3 is 5.32 Å². The molecular weight excluding hydrogens is 358 g/mol. The molecule has 1 N–H and O–H groups in total. The molecule has 136 valence electrons. The standard InChI is InChI=1S/C20H19N5OS/c1-15(10-21)12-27-19-5-3-2-4-18(19)24-20(26)17-8-6-16(7-9-17)11-25-14-22-13-23-25/h2-9,13-15H,11-12H2,1H3,(H,24,26)/t15-/m0/s1. The predicted molar refractivity (Wildman–Crippen MR) is 105 cm³/mol. The van der Waals surface area contributed by atoms with Crippen LogP contribution in [0.1, 0.15) is 22.8 Å². The van der Waals surface area contributed by atoms with Crippen molar-refractivity contribution in [2.45, 2.75) is 18.4 Å². The lowest BCUT2D eigenvalue weighted by molar-refractivity contribution is 0.102. The van der Waals surface area contributed by atoms with Crippen LogP contribution in [0, 0.1) is 17.2 Å². The van der Waals surface area contributed by atoms with E-state index in [4.69, 9.17) is 5.26 Å². The topological polar surface area (TPSA) is 83.6 Å². The van der Waals surface area contributed by atoms with E-state index >= 15 is 0 Å². The maximum atomic E-state index is 12.6. The number of nitrogens with one attached hydrogen (secondary N) is 1. The van der Waals surface area contributed by atoms with E-state index in [1.807, 2.05) is 43.3 Å². The number of aromatic nitrogens is 3. The Morgan fingerprint density at radius 2 is 2.04 bits per heavy atom. The summed E-state index contributed by atoms with van der Waals surface area (Å²) in [7, 11) is 0. The Morgan fingerprint density at radius 1 is 1.26 bits per heavy atom. The second-order valence-corrected chi connectivity index (χ2v) is 7.14. The minimum Gasteiger partial charge on any atom is -0.321 e. The molecule has 1 heterocycles. The number of benzene rings is 2. The third kappa shape index (κ3) is 5.19. The van der Waals surface area contributed by atoms with Gasteiger partial charge in [0.1, 0.15) is 12.7 Å². The summed E-state index contributed by atoms with van der Waals surface area (Å²) in [5.74, 6) is 0.473. The summed E-state index contributed by atoms with van der Waals surface area (Å²) in [6.45, 7) is 2.49. The number of carbonyl (C=O) groups excluding carboxylic acids is 1. The van der Waals surface area contributed by atoms with Gasteiger partial charge in [-0.1, -0.05) is 24.3 Å². The molecule has 0 aliphatic carbocycles. The number of carbonyl (C=O) groups is 1. The molecule has 7 heteroatoms. The molecule has 2 aromatic carbocycles. The molecular formula is C20H19N5OS. The molecule has 1 amide bonds. The van der Waals surface area contributed by atoms with Gasteiger partial charge in [0.05, 0.1) is 24.2 Å². The summed E-state index contributed by atoms with van der Waals surface area (Å²) >= 11 is 1.57. The fourth-order valence-electron chi connectivity index (χ4n) is 2.41. The van der Waals surface area contributed by atoms with Crippen LogP contribution in [-0.4, -0.2) is 26.4 Å². The minimum absolute atomic E-state index is 0.0451.